The van der Waals surface area contributed by atoms with Crippen molar-refractivity contribution in [3.05, 3.63) is 66.4 Å². The number of hydrogen-bond acceptors (Lipinski definition) is 3. The molecule has 21 heavy (non-hydrogen) atoms. The van der Waals surface area contributed by atoms with Crippen LogP contribution in [0.25, 0.3) is 10.9 Å². The lowest BCUT2D eigenvalue weighted by molar-refractivity contribution is 0.0983. The SMILES string of the molecule is O=C(NS(=O)(=O)c1ccccc1)c1c[nH]c2ccccc12. The number of H-pyrrole nitrogens is 1. The van der Waals surface area contributed by atoms with Gasteiger partial charge in [-0.25, -0.2) is 13.1 Å². The van der Waals surface area contributed by atoms with Gasteiger partial charge in [0.1, 0.15) is 0 Å². The van der Waals surface area contributed by atoms with Gasteiger partial charge in [-0.3, -0.25) is 4.79 Å². The van der Waals surface area contributed by atoms with E-state index in [4.69, 9.17) is 0 Å². The van der Waals surface area contributed by atoms with Crippen LogP contribution >= 0.6 is 0 Å². The summed E-state index contributed by atoms with van der Waals surface area (Å²) >= 11 is 0. The Morgan fingerprint density at radius 3 is 2.38 bits per heavy atom. The lowest BCUT2D eigenvalue weighted by Crippen LogP contribution is -2.30. The van der Waals surface area contributed by atoms with Crippen molar-refractivity contribution in [1.29, 1.82) is 0 Å². The number of aromatic nitrogens is 1. The van der Waals surface area contributed by atoms with Gasteiger partial charge in [0, 0.05) is 17.1 Å². The predicted octanol–water partition coefficient (Wildman–Crippen LogP) is 2.29. The summed E-state index contributed by atoms with van der Waals surface area (Å²) in [6, 6.07) is 15.0. The van der Waals surface area contributed by atoms with Gasteiger partial charge in [0.2, 0.25) is 0 Å². The number of carbonyl (C=O) groups is 1. The van der Waals surface area contributed by atoms with Crippen molar-refractivity contribution >= 4 is 26.8 Å². The Morgan fingerprint density at radius 2 is 1.62 bits per heavy atom. The third-order valence-electron chi connectivity index (χ3n) is 3.11. The number of hydrogen-bond donors (Lipinski definition) is 2. The Hall–Kier alpha value is -2.60. The van der Waals surface area contributed by atoms with Gasteiger partial charge in [0.25, 0.3) is 15.9 Å². The monoisotopic (exact) mass is 300 g/mol. The number of nitrogens with one attached hydrogen (secondary N) is 2. The fourth-order valence-corrected chi connectivity index (χ4v) is 3.08. The van der Waals surface area contributed by atoms with E-state index >= 15 is 0 Å². The number of aromatic amines is 1. The Kier molecular flexibility index (Phi) is 3.23. The van der Waals surface area contributed by atoms with E-state index in [0.717, 1.165) is 5.52 Å². The first-order chi connectivity index (χ1) is 10.1. The van der Waals surface area contributed by atoms with E-state index in [9.17, 15) is 13.2 Å². The first-order valence-electron chi connectivity index (χ1n) is 6.26. The number of carbonyl (C=O) groups excluding carboxylic acids is 1. The Morgan fingerprint density at radius 1 is 0.952 bits per heavy atom. The van der Waals surface area contributed by atoms with Crippen LogP contribution in [0.3, 0.4) is 0 Å². The molecule has 2 aromatic carbocycles. The molecule has 0 saturated heterocycles. The molecule has 0 aliphatic carbocycles. The van der Waals surface area contributed by atoms with Gasteiger partial charge in [-0.2, -0.15) is 0 Å². The van der Waals surface area contributed by atoms with E-state index in [1.807, 2.05) is 12.1 Å². The molecule has 2 N–H and O–H groups in total. The maximum atomic E-state index is 12.2. The summed E-state index contributed by atoms with van der Waals surface area (Å²) in [4.78, 5) is 15.2. The highest BCUT2D eigenvalue weighted by molar-refractivity contribution is 7.90. The second kappa shape index (κ2) is 5.06. The standard InChI is InChI=1S/C15H12N2O3S/c18-15(13-10-16-14-9-5-4-8-12(13)14)17-21(19,20)11-6-2-1-3-7-11/h1-10,16H,(H,17,18). The third-order valence-corrected chi connectivity index (χ3v) is 4.46. The van der Waals surface area contributed by atoms with Gasteiger partial charge >= 0.3 is 0 Å². The second-order valence-corrected chi connectivity index (χ2v) is 6.18. The van der Waals surface area contributed by atoms with Crippen LogP contribution in [0.5, 0.6) is 0 Å². The highest BCUT2D eigenvalue weighted by Crippen LogP contribution is 2.18. The third kappa shape index (κ3) is 2.53. The molecule has 3 rings (SSSR count). The fraction of sp³-hybridized carbons (Fsp3) is 0. The van der Waals surface area contributed by atoms with Gasteiger partial charge < -0.3 is 4.98 Å². The average Bonchev–Trinajstić information content (AvgIpc) is 2.92. The highest BCUT2D eigenvalue weighted by Gasteiger charge is 2.20. The van der Waals surface area contributed by atoms with Gasteiger partial charge in [0.05, 0.1) is 10.5 Å². The fourth-order valence-electron chi connectivity index (χ4n) is 2.09. The Labute approximate surface area is 121 Å². The molecule has 0 saturated carbocycles. The molecule has 0 atom stereocenters. The van der Waals surface area contributed by atoms with Gasteiger partial charge in [-0.05, 0) is 18.2 Å². The molecule has 5 nitrogen and oxygen atoms in total. The van der Waals surface area contributed by atoms with Crippen molar-refractivity contribution in [3.63, 3.8) is 0 Å². The van der Waals surface area contributed by atoms with E-state index in [2.05, 4.69) is 9.71 Å². The zero-order valence-electron chi connectivity index (χ0n) is 10.9. The zero-order valence-corrected chi connectivity index (χ0v) is 11.7. The molecule has 0 aliphatic rings. The van der Waals surface area contributed by atoms with Crippen molar-refractivity contribution in [2.24, 2.45) is 0 Å². The average molecular weight is 300 g/mol. The summed E-state index contributed by atoms with van der Waals surface area (Å²) in [6.07, 6.45) is 1.50. The van der Waals surface area contributed by atoms with Crippen LogP contribution < -0.4 is 4.72 Å². The largest absolute Gasteiger partial charge is 0.360 e. The summed E-state index contributed by atoms with van der Waals surface area (Å²) in [7, 11) is -3.87. The smallest absolute Gasteiger partial charge is 0.267 e. The van der Waals surface area contributed by atoms with Crippen LogP contribution in [0.2, 0.25) is 0 Å². The number of para-hydroxylation sites is 1. The highest BCUT2D eigenvalue weighted by atomic mass is 32.2. The maximum absolute atomic E-state index is 12.2. The lowest BCUT2D eigenvalue weighted by Gasteiger charge is -2.06. The molecule has 0 bridgehead atoms. The molecule has 1 aromatic heterocycles. The zero-order chi connectivity index (χ0) is 14.9. The predicted molar refractivity (Wildman–Crippen MR) is 79.4 cm³/mol. The molecule has 0 unspecified atom stereocenters. The molecule has 106 valence electrons. The van der Waals surface area contributed by atoms with Crippen molar-refractivity contribution in [1.82, 2.24) is 9.71 Å². The van der Waals surface area contributed by atoms with Crippen LogP contribution in [-0.4, -0.2) is 19.3 Å². The van der Waals surface area contributed by atoms with Gasteiger partial charge in [0.15, 0.2) is 0 Å². The molecule has 0 radical (unpaired) electrons. The first-order valence-corrected chi connectivity index (χ1v) is 7.74. The van der Waals surface area contributed by atoms with Gasteiger partial charge in [-0.1, -0.05) is 36.4 Å². The number of amides is 1. The van der Waals surface area contributed by atoms with E-state index in [-0.39, 0.29) is 4.90 Å². The molecular formula is C15H12N2O3S. The van der Waals surface area contributed by atoms with E-state index in [0.29, 0.717) is 10.9 Å². The minimum atomic E-state index is -3.87. The summed E-state index contributed by atoms with van der Waals surface area (Å²) in [5, 5.41) is 0.679. The molecule has 3 aromatic rings. The summed E-state index contributed by atoms with van der Waals surface area (Å²) in [6.45, 7) is 0. The topological polar surface area (TPSA) is 79.0 Å². The summed E-state index contributed by atoms with van der Waals surface area (Å²) in [5.41, 5.74) is 1.07. The van der Waals surface area contributed by atoms with Crippen LogP contribution in [-0.2, 0) is 10.0 Å². The summed E-state index contributed by atoms with van der Waals surface area (Å²) in [5.74, 6) is -0.656. The van der Waals surface area contributed by atoms with Crippen molar-refractivity contribution in [2.45, 2.75) is 4.90 Å². The van der Waals surface area contributed by atoms with Crippen molar-refractivity contribution in [3.8, 4) is 0 Å². The van der Waals surface area contributed by atoms with Gasteiger partial charge in [-0.15, -0.1) is 0 Å². The number of benzene rings is 2. The lowest BCUT2D eigenvalue weighted by atomic mass is 10.2. The summed E-state index contributed by atoms with van der Waals surface area (Å²) < 4.78 is 26.3. The minimum Gasteiger partial charge on any atom is -0.360 e. The molecule has 1 heterocycles. The number of sulfonamides is 1. The molecule has 6 heteroatoms. The van der Waals surface area contributed by atoms with E-state index in [1.54, 1.807) is 30.3 Å². The van der Waals surface area contributed by atoms with Crippen LogP contribution in [0.1, 0.15) is 10.4 Å². The second-order valence-electron chi connectivity index (χ2n) is 4.50. The Balaban J connectivity index is 1.94. The van der Waals surface area contributed by atoms with Crippen LogP contribution in [0.4, 0.5) is 0 Å². The van der Waals surface area contributed by atoms with E-state index in [1.165, 1.54) is 18.3 Å². The molecule has 1 amide bonds. The van der Waals surface area contributed by atoms with Crippen molar-refractivity contribution < 1.29 is 13.2 Å². The van der Waals surface area contributed by atoms with Crippen molar-refractivity contribution in [2.75, 3.05) is 0 Å². The normalized spacial score (nSPS) is 11.4. The number of fused-ring (bicyclic) bond motifs is 1. The van der Waals surface area contributed by atoms with Crippen LogP contribution in [0, 0.1) is 0 Å². The minimum absolute atomic E-state index is 0.0539. The Bertz CT molecular complexity index is 899. The van der Waals surface area contributed by atoms with Crippen LogP contribution in [0.15, 0.2) is 65.7 Å². The molecular weight excluding hydrogens is 288 g/mol. The first kappa shape index (κ1) is 13.4. The molecule has 0 fully saturated rings. The molecule has 0 aliphatic heterocycles. The quantitative estimate of drug-likeness (QED) is 0.779. The maximum Gasteiger partial charge on any atom is 0.267 e. The molecule has 0 spiro atoms. The van der Waals surface area contributed by atoms with E-state index < -0.39 is 15.9 Å². The number of rotatable bonds is 3.